The van der Waals surface area contributed by atoms with E-state index in [1.165, 1.54) is 0 Å². The quantitative estimate of drug-likeness (QED) is 0.734. The zero-order chi connectivity index (χ0) is 19.8. The highest BCUT2D eigenvalue weighted by molar-refractivity contribution is 5.85. The Bertz CT molecular complexity index is 772. The smallest absolute Gasteiger partial charge is 0.279 e. The Kier molecular flexibility index (Phi) is 7.23. The summed E-state index contributed by atoms with van der Waals surface area (Å²) in [6.45, 7) is 7.49. The number of hydrogen-bond donors (Lipinski definition) is 2. The lowest BCUT2D eigenvalue weighted by molar-refractivity contribution is -0.133. The molecule has 0 saturated carbocycles. The highest BCUT2D eigenvalue weighted by Gasteiger charge is 2.16. The van der Waals surface area contributed by atoms with Crippen molar-refractivity contribution >= 4 is 11.8 Å². The summed E-state index contributed by atoms with van der Waals surface area (Å²) < 4.78 is 11.1. The van der Waals surface area contributed by atoms with Crippen LogP contribution >= 0.6 is 0 Å². The van der Waals surface area contributed by atoms with Crippen molar-refractivity contribution in [3.05, 3.63) is 59.7 Å². The lowest BCUT2D eigenvalue weighted by Crippen LogP contribution is -2.48. The van der Waals surface area contributed by atoms with Gasteiger partial charge < -0.3 is 9.47 Å². The SMILES string of the molecule is Cc1ccc(OC(C)C(=O)NNC(=O)COc2ccccc2C(C)C)cc1. The minimum Gasteiger partial charge on any atom is -0.483 e. The van der Waals surface area contributed by atoms with Crippen molar-refractivity contribution in [2.24, 2.45) is 0 Å². The molecule has 6 nitrogen and oxygen atoms in total. The third-order valence-electron chi connectivity index (χ3n) is 3.93. The Balaban J connectivity index is 1.77. The van der Waals surface area contributed by atoms with Gasteiger partial charge in [0, 0.05) is 0 Å². The Hall–Kier alpha value is -3.02. The Morgan fingerprint density at radius 1 is 0.963 bits per heavy atom. The van der Waals surface area contributed by atoms with E-state index in [9.17, 15) is 9.59 Å². The highest BCUT2D eigenvalue weighted by Crippen LogP contribution is 2.25. The summed E-state index contributed by atoms with van der Waals surface area (Å²) in [5, 5.41) is 0. The molecule has 0 bridgehead atoms. The molecule has 0 saturated heterocycles. The maximum Gasteiger partial charge on any atom is 0.279 e. The molecule has 0 aliphatic carbocycles. The first-order valence-corrected chi connectivity index (χ1v) is 8.90. The Morgan fingerprint density at radius 2 is 1.63 bits per heavy atom. The van der Waals surface area contributed by atoms with Crippen molar-refractivity contribution in [3.63, 3.8) is 0 Å². The zero-order valence-corrected chi connectivity index (χ0v) is 16.1. The van der Waals surface area contributed by atoms with Crippen LogP contribution in [0.2, 0.25) is 0 Å². The van der Waals surface area contributed by atoms with Gasteiger partial charge in [-0.25, -0.2) is 0 Å². The normalized spacial score (nSPS) is 11.6. The number of rotatable bonds is 7. The van der Waals surface area contributed by atoms with Crippen LogP contribution in [0.1, 0.15) is 37.8 Å². The van der Waals surface area contributed by atoms with Crippen LogP contribution < -0.4 is 20.3 Å². The molecule has 0 heterocycles. The van der Waals surface area contributed by atoms with E-state index < -0.39 is 17.9 Å². The summed E-state index contributed by atoms with van der Waals surface area (Å²) in [5.41, 5.74) is 6.80. The van der Waals surface area contributed by atoms with Crippen LogP contribution in [0.15, 0.2) is 48.5 Å². The molecule has 27 heavy (non-hydrogen) atoms. The number of para-hydroxylation sites is 1. The molecule has 0 aliphatic heterocycles. The molecule has 2 amide bonds. The van der Waals surface area contributed by atoms with Crippen molar-refractivity contribution in [1.82, 2.24) is 10.9 Å². The van der Waals surface area contributed by atoms with E-state index in [0.717, 1.165) is 11.1 Å². The van der Waals surface area contributed by atoms with Gasteiger partial charge in [-0.3, -0.25) is 20.4 Å². The van der Waals surface area contributed by atoms with E-state index in [4.69, 9.17) is 9.47 Å². The fraction of sp³-hybridized carbons (Fsp3) is 0.333. The molecule has 0 radical (unpaired) electrons. The molecule has 2 rings (SSSR count). The highest BCUT2D eigenvalue weighted by atomic mass is 16.5. The number of aryl methyl sites for hydroxylation is 1. The van der Waals surface area contributed by atoms with Gasteiger partial charge in [0.05, 0.1) is 0 Å². The van der Waals surface area contributed by atoms with Crippen molar-refractivity contribution in [3.8, 4) is 11.5 Å². The number of hydrazine groups is 1. The number of carbonyl (C=O) groups is 2. The number of nitrogens with one attached hydrogen (secondary N) is 2. The first-order valence-electron chi connectivity index (χ1n) is 8.90. The molecule has 0 aromatic heterocycles. The van der Waals surface area contributed by atoms with Crippen LogP contribution in [0.3, 0.4) is 0 Å². The van der Waals surface area contributed by atoms with Crippen LogP contribution in [0.5, 0.6) is 11.5 Å². The van der Waals surface area contributed by atoms with Crippen molar-refractivity contribution < 1.29 is 19.1 Å². The Morgan fingerprint density at radius 3 is 2.30 bits per heavy atom. The minimum absolute atomic E-state index is 0.197. The lowest BCUT2D eigenvalue weighted by atomic mass is 10.0. The van der Waals surface area contributed by atoms with Gasteiger partial charge in [-0.1, -0.05) is 49.7 Å². The van der Waals surface area contributed by atoms with Gasteiger partial charge in [0.1, 0.15) is 11.5 Å². The summed E-state index contributed by atoms with van der Waals surface area (Å²) in [5.74, 6) is 0.618. The van der Waals surface area contributed by atoms with E-state index >= 15 is 0 Å². The van der Waals surface area contributed by atoms with E-state index in [2.05, 4.69) is 24.7 Å². The van der Waals surface area contributed by atoms with Gasteiger partial charge in [0.15, 0.2) is 12.7 Å². The second kappa shape index (κ2) is 9.62. The number of hydrogen-bond acceptors (Lipinski definition) is 4. The molecule has 2 aromatic carbocycles. The molecule has 144 valence electrons. The van der Waals surface area contributed by atoms with Crippen molar-refractivity contribution in [2.45, 2.75) is 39.7 Å². The van der Waals surface area contributed by atoms with E-state index in [0.29, 0.717) is 11.5 Å². The predicted molar refractivity (Wildman–Crippen MR) is 104 cm³/mol. The van der Waals surface area contributed by atoms with Crippen LogP contribution in [-0.4, -0.2) is 24.5 Å². The number of amides is 2. The standard InChI is InChI=1S/C21H26N2O4/c1-14(2)18-7-5-6-8-19(18)26-13-20(24)22-23-21(25)16(4)27-17-11-9-15(3)10-12-17/h5-12,14,16H,13H2,1-4H3,(H,22,24)(H,23,25). The Labute approximate surface area is 159 Å². The fourth-order valence-electron chi connectivity index (χ4n) is 2.38. The van der Waals surface area contributed by atoms with Gasteiger partial charge in [-0.15, -0.1) is 0 Å². The molecule has 0 aliphatic rings. The third kappa shape index (κ3) is 6.33. The number of ether oxygens (including phenoxy) is 2. The average Bonchev–Trinajstić information content (AvgIpc) is 2.66. The molecule has 1 atom stereocenters. The van der Waals surface area contributed by atoms with Crippen LogP contribution in [-0.2, 0) is 9.59 Å². The van der Waals surface area contributed by atoms with Gasteiger partial charge in [0.25, 0.3) is 11.8 Å². The first kappa shape index (κ1) is 20.3. The second-order valence-corrected chi connectivity index (χ2v) is 6.59. The maximum absolute atomic E-state index is 12.0. The van der Waals surface area contributed by atoms with Gasteiger partial charge >= 0.3 is 0 Å². The van der Waals surface area contributed by atoms with E-state index in [1.54, 1.807) is 19.1 Å². The third-order valence-corrected chi connectivity index (χ3v) is 3.93. The first-order chi connectivity index (χ1) is 12.9. The topological polar surface area (TPSA) is 76.7 Å². The van der Waals surface area contributed by atoms with Crippen molar-refractivity contribution in [2.75, 3.05) is 6.61 Å². The second-order valence-electron chi connectivity index (χ2n) is 6.59. The van der Waals surface area contributed by atoms with E-state index in [1.807, 2.05) is 43.3 Å². The van der Waals surface area contributed by atoms with Crippen LogP contribution in [0.4, 0.5) is 0 Å². The van der Waals surface area contributed by atoms with Gasteiger partial charge in [0.2, 0.25) is 0 Å². The lowest BCUT2D eigenvalue weighted by Gasteiger charge is -2.16. The number of benzene rings is 2. The molecule has 1 unspecified atom stereocenters. The fourth-order valence-corrected chi connectivity index (χ4v) is 2.38. The largest absolute Gasteiger partial charge is 0.483 e. The average molecular weight is 370 g/mol. The summed E-state index contributed by atoms with van der Waals surface area (Å²) >= 11 is 0. The van der Waals surface area contributed by atoms with Crippen LogP contribution in [0.25, 0.3) is 0 Å². The molecule has 6 heteroatoms. The minimum atomic E-state index is -0.754. The maximum atomic E-state index is 12.0. The summed E-state index contributed by atoms with van der Waals surface area (Å²) in [6.07, 6.45) is -0.754. The monoisotopic (exact) mass is 370 g/mol. The zero-order valence-electron chi connectivity index (χ0n) is 16.1. The molecular weight excluding hydrogens is 344 g/mol. The van der Waals surface area contributed by atoms with E-state index in [-0.39, 0.29) is 12.5 Å². The number of carbonyl (C=O) groups excluding carboxylic acids is 2. The molecular formula is C21H26N2O4. The molecule has 0 fully saturated rings. The predicted octanol–water partition coefficient (Wildman–Crippen LogP) is 3.11. The van der Waals surface area contributed by atoms with Gasteiger partial charge in [-0.2, -0.15) is 0 Å². The molecule has 2 aromatic rings. The summed E-state index contributed by atoms with van der Waals surface area (Å²) in [7, 11) is 0. The van der Waals surface area contributed by atoms with Crippen molar-refractivity contribution in [1.29, 1.82) is 0 Å². The van der Waals surface area contributed by atoms with Crippen LogP contribution in [0, 0.1) is 6.92 Å². The summed E-state index contributed by atoms with van der Waals surface area (Å²) in [4.78, 5) is 24.0. The molecule has 2 N–H and O–H groups in total. The van der Waals surface area contributed by atoms with Gasteiger partial charge in [-0.05, 0) is 43.5 Å². The summed E-state index contributed by atoms with van der Waals surface area (Å²) in [6, 6.07) is 14.9. The molecule has 0 spiro atoms.